The molecule has 0 N–H and O–H groups in total. The zero-order valence-corrected chi connectivity index (χ0v) is 17.5. The van der Waals surface area contributed by atoms with Gasteiger partial charge < -0.3 is 9.30 Å². The van der Waals surface area contributed by atoms with Gasteiger partial charge in [-0.2, -0.15) is 0 Å². The van der Waals surface area contributed by atoms with Gasteiger partial charge in [-0.05, 0) is 18.4 Å². The van der Waals surface area contributed by atoms with Crippen molar-refractivity contribution in [2.75, 3.05) is 39.4 Å². The van der Waals surface area contributed by atoms with Crippen LogP contribution in [0.1, 0.15) is 29.3 Å². The Kier molecular flexibility index (Phi) is 4.60. The van der Waals surface area contributed by atoms with E-state index < -0.39 is 0 Å². The van der Waals surface area contributed by atoms with Crippen molar-refractivity contribution in [1.82, 2.24) is 19.4 Å². The van der Waals surface area contributed by atoms with Crippen LogP contribution in [-0.4, -0.2) is 58.7 Å². The third kappa shape index (κ3) is 3.38. The number of hydrogen-bond acceptors (Lipinski definition) is 6. The van der Waals surface area contributed by atoms with Gasteiger partial charge in [0.05, 0.1) is 24.4 Å². The van der Waals surface area contributed by atoms with Gasteiger partial charge >= 0.3 is 0 Å². The topological polar surface area (TPSA) is 50.6 Å². The summed E-state index contributed by atoms with van der Waals surface area (Å²) >= 11 is 1.67. The van der Waals surface area contributed by atoms with E-state index in [1.807, 2.05) is 5.51 Å². The minimum atomic E-state index is 0.249. The van der Waals surface area contributed by atoms with E-state index >= 15 is 0 Å². The second-order valence-corrected chi connectivity index (χ2v) is 10.1. The number of likely N-dealkylation sites (tertiary alicyclic amines) is 2. The summed E-state index contributed by atoms with van der Waals surface area (Å²) in [6.45, 7) is 8.62. The van der Waals surface area contributed by atoms with Gasteiger partial charge in [-0.3, -0.25) is 14.6 Å². The van der Waals surface area contributed by atoms with E-state index in [9.17, 15) is 4.79 Å². The molecule has 3 fully saturated rings. The normalized spacial score (nSPS) is 31.7. The molecule has 29 heavy (non-hydrogen) atoms. The van der Waals surface area contributed by atoms with Crippen LogP contribution in [-0.2, 0) is 24.4 Å². The summed E-state index contributed by atoms with van der Waals surface area (Å²) < 4.78 is 7.70. The molecule has 154 valence electrons. The molecule has 4 atom stereocenters. The molecule has 0 aromatic carbocycles. The summed E-state index contributed by atoms with van der Waals surface area (Å²) in [4.78, 5) is 22.7. The smallest absolute Gasteiger partial charge is 0.255 e. The molecule has 2 bridgehead atoms. The third-order valence-corrected chi connectivity index (χ3v) is 7.97. The molecule has 0 amide bonds. The lowest BCUT2D eigenvalue weighted by Crippen LogP contribution is -2.47. The number of piperidine rings is 1. The van der Waals surface area contributed by atoms with Crippen molar-refractivity contribution in [2.45, 2.75) is 32.0 Å². The minimum absolute atomic E-state index is 0.249. The minimum Gasteiger partial charge on any atom is -0.381 e. The number of pyridine rings is 1. The summed E-state index contributed by atoms with van der Waals surface area (Å²) in [5.74, 6) is 2.36. The van der Waals surface area contributed by atoms with Crippen molar-refractivity contribution < 1.29 is 4.74 Å². The number of hydrogen-bond donors (Lipinski definition) is 0. The van der Waals surface area contributed by atoms with Crippen molar-refractivity contribution in [3.05, 3.63) is 50.3 Å². The van der Waals surface area contributed by atoms with Crippen molar-refractivity contribution in [2.24, 2.45) is 17.8 Å². The highest BCUT2D eigenvalue weighted by Gasteiger charge is 2.38. The highest BCUT2D eigenvalue weighted by Crippen LogP contribution is 2.36. The maximum Gasteiger partial charge on any atom is 0.255 e. The molecule has 4 aliphatic heterocycles. The number of fused-ring (bicyclic) bond motifs is 5. The van der Waals surface area contributed by atoms with Crippen molar-refractivity contribution >= 4 is 11.3 Å². The van der Waals surface area contributed by atoms with Crippen LogP contribution in [0, 0.1) is 17.8 Å². The zero-order chi connectivity index (χ0) is 19.4. The second-order valence-electron chi connectivity index (χ2n) is 9.42. The quantitative estimate of drug-likeness (QED) is 0.769. The van der Waals surface area contributed by atoms with Gasteiger partial charge in [0.2, 0.25) is 0 Å². The highest BCUT2D eigenvalue weighted by atomic mass is 32.1. The lowest BCUT2D eigenvalue weighted by atomic mass is 9.83. The predicted octanol–water partition coefficient (Wildman–Crippen LogP) is 2.00. The van der Waals surface area contributed by atoms with Gasteiger partial charge in [0.1, 0.15) is 0 Å². The number of nitrogens with zero attached hydrogens (tertiary/aromatic N) is 4. The molecule has 4 aliphatic rings. The van der Waals surface area contributed by atoms with Gasteiger partial charge in [-0.1, -0.05) is 6.07 Å². The molecule has 2 aromatic rings. The van der Waals surface area contributed by atoms with Crippen LogP contribution in [0.2, 0.25) is 0 Å². The van der Waals surface area contributed by atoms with Crippen LogP contribution in [0.15, 0.2) is 27.8 Å². The third-order valence-electron chi connectivity index (χ3n) is 7.34. The first kappa shape index (κ1) is 18.2. The first-order valence-electron chi connectivity index (χ1n) is 10.8. The van der Waals surface area contributed by atoms with Crippen molar-refractivity contribution in [3.63, 3.8) is 0 Å². The molecule has 3 saturated heterocycles. The Balaban J connectivity index is 1.20. The lowest BCUT2D eigenvalue weighted by molar-refractivity contribution is 0.113. The Morgan fingerprint density at radius 2 is 1.86 bits per heavy atom. The first-order valence-corrected chi connectivity index (χ1v) is 11.8. The van der Waals surface area contributed by atoms with Crippen molar-refractivity contribution in [1.29, 1.82) is 0 Å². The van der Waals surface area contributed by atoms with Crippen LogP contribution in [0.3, 0.4) is 0 Å². The highest BCUT2D eigenvalue weighted by molar-refractivity contribution is 7.07. The fraction of sp³-hybridized carbons (Fsp3) is 0.636. The van der Waals surface area contributed by atoms with Gasteiger partial charge in [-0.15, -0.1) is 11.3 Å². The largest absolute Gasteiger partial charge is 0.381 e. The molecular formula is C22H28N4O2S. The van der Waals surface area contributed by atoms with E-state index in [-0.39, 0.29) is 5.56 Å². The summed E-state index contributed by atoms with van der Waals surface area (Å²) in [5, 5.41) is 2.15. The molecule has 7 heteroatoms. The molecular weight excluding hydrogens is 384 g/mol. The molecule has 6 heterocycles. The Morgan fingerprint density at radius 1 is 1.03 bits per heavy atom. The molecule has 0 radical (unpaired) electrons. The number of ether oxygens (including phenoxy) is 1. The molecule has 0 unspecified atom stereocenters. The molecule has 0 spiro atoms. The van der Waals surface area contributed by atoms with Crippen LogP contribution >= 0.6 is 11.3 Å². The average Bonchev–Trinajstić information content (AvgIpc) is 3.42. The van der Waals surface area contributed by atoms with Gasteiger partial charge in [-0.25, -0.2) is 4.98 Å². The molecule has 6 nitrogen and oxygen atoms in total. The SMILES string of the molecule is O=c1c(CN2C[C@H]3COC[C@H]3C2)ccc2n1C[C@H]1C[C@@H]2CN(Cc2cscn2)C1. The lowest BCUT2D eigenvalue weighted by Gasteiger charge is -2.42. The Hall–Kier alpha value is -1.54. The molecule has 0 saturated carbocycles. The molecule has 0 aliphatic carbocycles. The Morgan fingerprint density at radius 3 is 2.66 bits per heavy atom. The predicted molar refractivity (Wildman–Crippen MR) is 112 cm³/mol. The maximum absolute atomic E-state index is 13.3. The summed E-state index contributed by atoms with van der Waals surface area (Å²) in [7, 11) is 0. The van der Waals surface area contributed by atoms with Crippen LogP contribution in [0.25, 0.3) is 0 Å². The standard InChI is InChI=1S/C22H28N4O2S/c27-22-16(6-25-8-18-11-28-12-19(18)9-25)1-2-21-17-3-15(5-26(21)22)4-24(7-17)10-20-13-29-14-23-20/h1-2,13-15,17-19H,3-12H2/t15-,17+,18-,19+/m0/s1. The Labute approximate surface area is 175 Å². The summed E-state index contributed by atoms with van der Waals surface area (Å²) in [6.07, 6.45) is 1.21. The second kappa shape index (κ2) is 7.30. The fourth-order valence-electron chi connectivity index (χ4n) is 6.04. The average molecular weight is 413 g/mol. The summed E-state index contributed by atoms with van der Waals surface area (Å²) in [6, 6.07) is 4.35. The van der Waals surface area contributed by atoms with E-state index in [1.54, 1.807) is 11.3 Å². The van der Waals surface area contributed by atoms with E-state index in [0.29, 0.717) is 23.7 Å². The van der Waals surface area contributed by atoms with Gasteiger partial charge in [0.25, 0.3) is 5.56 Å². The zero-order valence-electron chi connectivity index (χ0n) is 16.7. The monoisotopic (exact) mass is 412 g/mol. The fourth-order valence-corrected chi connectivity index (χ4v) is 6.59. The van der Waals surface area contributed by atoms with Crippen LogP contribution in [0.5, 0.6) is 0 Å². The van der Waals surface area contributed by atoms with E-state index in [1.165, 1.54) is 17.8 Å². The van der Waals surface area contributed by atoms with Crippen LogP contribution < -0.4 is 5.56 Å². The van der Waals surface area contributed by atoms with E-state index in [2.05, 4.69) is 36.9 Å². The number of thiazole rings is 1. The summed E-state index contributed by atoms with van der Waals surface area (Å²) in [5.41, 5.74) is 5.54. The van der Waals surface area contributed by atoms with Crippen LogP contribution in [0.4, 0.5) is 0 Å². The van der Waals surface area contributed by atoms with Crippen molar-refractivity contribution in [3.8, 4) is 0 Å². The van der Waals surface area contributed by atoms with E-state index in [4.69, 9.17) is 4.74 Å². The first-order chi connectivity index (χ1) is 14.2. The maximum atomic E-state index is 13.3. The molecule has 2 aromatic heterocycles. The Bertz CT molecular complexity index is 931. The molecule has 6 rings (SSSR count). The van der Waals surface area contributed by atoms with E-state index in [0.717, 1.165) is 64.6 Å². The number of rotatable bonds is 4. The number of aromatic nitrogens is 2. The van der Waals surface area contributed by atoms with Gasteiger partial charge in [0.15, 0.2) is 0 Å². The van der Waals surface area contributed by atoms with Gasteiger partial charge in [0, 0.05) is 80.2 Å².